The van der Waals surface area contributed by atoms with E-state index in [0.29, 0.717) is 5.75 Å². The summed E-state index contributed by atoms with van der Waals surface area (Å²) in [7, 11) is 1.68. The number of unbranched alkanes of at least 4 members (excludes halogenated alkanes) is 1. The molecule has 2 nitrogen and oxygen atoms in total. The van der Waals surface area contributed by atoms with Gasteiger partial charge in [0.1, 0.15) is 11.5 Å². The number of hydrogen-bond donors (Lipinski definition) is 1. The number of hydrogen-bond acceptors (Lipinski definition) is 3. The second-order valence-electron chi connectivity index (χ2n) is 3.85. The molecule has 0 atom stereocenters. The van der Waals surface area contributed by atoms with Crippen LogP contribution in [0, 0.1) is 0 Å². The van der Waals surface area contributed by atoms with Crippen LogP contribution in [0.15, 0.2) is 17.5 Å². The lowest BCUT2D eigenvalue weighted by atomic mass is 10.0. The smallest absolute Gasteiger partial charge is 0.137 e. The molecule has 1 N–H and O–H groups in total. The molecule has 0 aliphatic carbocycles. The van der Waals surface area contributed by atoms with Gasteiger partial charge in [-0.2, -0.15) is 0 Å². The molecule has 0 radical (unpaired) electrons. The molecule has 0 aliphatic rings. The van der Waals surface area contributed by atoms with Gasteiger partial charge in [-0.05, 0) is 35.9 Å². The third kappa shape index (κ3) is 1.87. The van der Waals surface area contributed by atoms with Crippen molar-refractivity contribution in [1.82, 2.24) is 0 Å². The largest absolute Gasteiger partial charge is 0.507 e. The van der Waals surface area contributed by atoms with Crippen molar-refractivity contribution in [1.29, 1.82) is 0 Å². The van der Waals surface area contributed by atoms with E-state index in [-0.39, 0.29) is 0 Å². The first-order valence-electron chi connectivity index (χ1n) is 5.54. The summed E-state index contributed by atoms with van der Waals surface area (Å²) in [6.07, 6.45) is 3.13. The summed E-state index contributed by atoms with van der Waals surface area (Å²) in [4.78, 5) is 0. The molecule has 16 heavy (non-hydrogen) atoms. The fourth-order valence-corrected chi connectivity index (χ4v) is 2.75. The first-order chi connectivity index (χ1) is 7.77. The van der Waals surface area contributed by atoms with E-state index < -0.39 is 0 Å². The lowest BCUT2D eigenvalue weighted by molar-refractivity contribution is 0.417. The molecule has 0 aliphatic heterocycles. The van der Waals surface area contributed by atoms with E-state index in [4.69, 9.17) is 4.74 Å². The van der Waals surface area contributed by atoms with Gasteiger partial charge in [-0.1, -0.05) is 13.3 Å². The van der Waals surface area contributed by atoms with E-state index in [9.17, 15) is 5.11 Å². The Morgan fingerprint density at radius 1 is 1.44 bits per heavy atom. The van der Waals surface area contributed by atoms with Gasteiger partial charge in [-0.15, -0.1) is 11.3 Å². The summed E-state index contributed by atoms with van der Waals surface area (Å²) < 4.78 is 6.39. The van der Waals surface area contributed by atoms with E-state index in [1.807, 2.05) is 17.5 Å². The highest BCUT2D eigenvalue weighted by molar-refractivity contribution is 7.17. The fraction of sp³-hybridized carbons (Fsp3) is 0.385. The van der Waals surface area contributed by atoms with E-state index >= 15 is 0 Å². The predicted molar refractivity (Wildman–Crippen MR) is 68.7 cm³/mol. The van der Waals surface area contributed by atoms with Crippen LogP contribution < -0.4 is 4.74 Å². The molecule has 1 aromatic heterocycles. The topological polar surface area (TPSA) is 29.5 Å². The van der Waals surface area contributed by atoms with E-state index in [0.717, 1.165) is 40.7 Å². The van der Waals surface area contributed by atoms with Crippen LogP contribution in [0.2, 0.25) is 0 Å². The summed E-state index contributed by atoms with van der Waals surface area (Å²) >= 11 is 1.60. The molecule has 1 heterocycles. The minimum Gasteiger partial charge on any atom is -0.507 e. The minimum atomic E-state index is 0.422. The predicted octanol–water partition coefficient (Wildman–Crippen LogP) is 3.96. The third-order valence-electron chi connectivity index (χ3n) is 2.77. The normalized spacial score (nSPS) is 10.9. The van der Waals surface area contributed by atoms with Gasteiger partial charge < -0.3 is 9.84 Å². The van der Waals surface area contributed by atoms with Gasteiger partial charge in [0.15, 0.2) is 0 Å². The zero-order valence-corrected chi connectivity index (χ0v) is 10.4. The summed E-state index contributed by atoms with van der Waals surface area (Å²) in [5.41, 5.74) is 0.990. The van der Waals surface area contributed by atoms with Gasteiger partial charge >= 0.3 is 0 Å². The molecule has 0 saturated heterocycles. The summed E-state index contributed by atoms with van der Waals surface area (Å²) in [5, 5.41) is 13.0. The number of thiophene rings is 1. The number of methoxy groups -OCH3 is 1. The summed E-state index contributed by atoms with van der Waals surface area (Å²) in [5.74, 6) is 1.29. The number of rotatable bonds is 4. The molecule has 3 heteroatoms. The van der Waals surface area contributed by atoms with Crippen molar-refractivity contribution in [3.8, 4) is 11.5 Å². The van der Waals surface area contributed by atoms with Crippen LogP contribution in [0.5, 0.6) is 11.5 Å². The molecule has 0 saturated carbocycles. The lowest BCUT2D eigenvalue weighted by Crippen LogP contribution is -1.90. The quantitative estimate of drug-likeness (QED) is 0.870. The van der Waals surface area contributed by atoms with Crippen LogP contribution in [0.3, 0.4) is 0 Å². The minimum absolute atomic E-state index is 0.422. The molecule has 0 bridgehead atoms. The Labute approximate surface area is 99.5 Å². The van der Waals surface area contributed by atoms with Crippen molar-refractivity contribution < 1.29 is 9.84 Å². The fourth-order valence-electron chi connectivity index (χ4n) is 1.86. The number of aryl methyl sites for hydroxylation is 1. The van der Waals surface area contributed by atoms with Crippen molar-refractivity contribution in [3.05, 3.63) is 23.1 Å². The van der Waals surface area contributed by atoms with Gasteiger partial charge in [0.05, 0.1) is 11.8 Å². The number of ether oxygens (including phenoxy) is 1. The molecule has 0 fully saturated rings. The number of aromatic hydroxyl groups is 1. The van der Waals surface area contributed by atoms with Crippen molar-refractivity contribution >= 4 is 21.4 Å². The van der Waals surface area contributed by atoms with Crippen molar-refractivity contribution in [2.24, 2.45) is 0 Å². The van der Waals surface area contributed by atoms with Gasteiger partial charge in [-0.3, -0.25) is 0 Å². The summed E-state index contributed by atoms with van der Waals surface area (Å²) in [6.45, 7) is 2.15. The molecule has 0 amide bonds. The zero-order chi connectivity index (χ0) is 11.5. The molecule has 2 aromatic rings. The monoisotopic (exact) mass is 236 g/mol. The number of phenolic OH excluding ortho intramolecular Hbond substituents is 1. The highest BCUT2D eigenvalue weighted by atomic mass is 32.1. The van der Waals surface area contributed by atoms with Crippen LogP contribution in [0.4, 0.5) is 0 Å². The van der Waals surface area contributed by atoms with Gasteiger partial charge in [0, 0.05) is 5.39 Å². The van der Waals surface area contributed by atoms with Crippen LogP contribution in [0.1, 0.15) is 25.3 Å². The molecule has 86 valence electrons. The van der Waals surface area contributed by atoms with Crippen LogP contribution in [-0.2, 0) is 6.42 Å². The molecule has 0 spiro atoms. The third-order valence-corrected chi connectivity index (χ3v) is 3.70. The Bertz CT molecular complexity index is 488. The van der Waals surface area contributed by atoms with Gasteiger partial charge in [0.25, 0.3) is 0 Å². The van der Waals surface area contributed by atoms with Crippen molar-refractivity contribution in [2.45, 2.75) is 26.2 Å². The van der Waals surface area contributed by atoms with Gasteiger partial charge in [0.2, 0.25) is 0 Å². The van der Waals surface area contributed by atoms with Crippen LogP contribution in [-0.4, -0.2) is 12.2 Å². The standard InChI is InChI=1S/C13H16O2S/c1-3-4-5-9-8-11(15-2)13-10(12(9)14)6-7-16-13/h6-8,14H,3-5H2,1-2H3. The Balaban J connectivity index is 2.52. The maximum Gasteiger partial charge on any atom is 0.137 e. The Morgan fingerprint density at radius 2 is 2.25 bits per heavy atom. The number of phenols is 1. The average Bonchev–Trinajstić information content (AvgIpc) is 2.78. The van der Waals surface area contributed by atoms with Crippen molar-refractivity contribution in [3.63, 3.8) is 0 Å². The zero-order valence-electron chi connectivity index (χ0n) is 9.62. The molecule has 1 aromatic carbocycles. The molecular formula is C13H16O2S. The molecule has 0 unspecified atom stereocenters. The van der Waals surface area contributed by atoms with E-state index in [1.165, 1.54) is 0 Å². The lowest BCUT2D eigenvalue weighted by Gasteiger charge is -2.09. The average molecular weight is 236 g/mol. The Hall–Kier alpha value is -1.22. The van der Waals surface area contributed by atoms with Crippen LogP contribution in [0.25, 0.3) is 10.1 Å². The maximum absolute atomic E-state index is 10.1. The van der Waals surface area contributed by atoms with Gasteiger partial charge in [-0.25, -0.2) is 0 Å². The second kappa shape index (κ2) is 4.74. The first kappa shape index (κ1) is 11.3. The Kier molecular flexibility index (Phi) is 3.34. The first-order valence-corrected chi connectivity index (χ1v) is 6.42. The van der Waals surface area contributed by atoms with E-state index in [2.05, 4.69) is 6.92 Å². The highest BCUT2D eigenvalue weighted by Crippen LogP contribution is 2.39. The van der Waals surface area contributed by atoms with Crippen molar-refractivity contribution in [2.75, 3.05) is 7.11 Å². The molecule has 2 rings (SSSR count). The maximum atomic E-state index is 10.1. The SMILES string of the molecule is CCCCc1cc(OC)c2sccc2c1O. The number of fused-ring (bicyclic) bond motifs is 1. The summed E-state index contributed by atoms with van der Waals surface area (Å²) in [6, 6.07) is 3.91. The molecular weight excluding hydrogens is 220 g/mol. The van der Waals surface area contributed by atoms with Crippen LogP contribution >= 0.6 is 11.3 Å². The highest BCUT2D eigenvalue weighted by Gasteiger charge is 2.12. The second-order valence-corrected chi connectivity index (χ2v) is 4.77. The van der Waals surface area contributed by atoms with E-state index in [1.54, 1.807) is 18.4 Å². The Morgan fingerprint density at radius 3 is 2.94 bits per heavy atom. The number of benzene rings is 1.